The van der Waals surface area contributed by atoms with Gasteiger partial charge >= 0.3 is 0 Å². The summed E-state index contributed by atoms with van der Waals surface area (Å²) in [6, 6.07) is 15.6. The van der Waals surface area contributed by atoms with Gasteiger partial charge in [0.25, 0.3) is 0 Å². The molecule has 0 fully saturated rings. The van der Waals surface area contributed by atoms with E-state index >= 15 is 0 Å². The van der Waals surface area contributed by atoms with Crippen LogP contribution in [0.4, 0.5) is 0 Å². The monoisotopic (exact) mass is 237 g/mol. The molecular formula is C17H19N. The molecule has 1 nitrogen and oxygen atoms in total. The summed E-state index contributed by atoms with van der Waals surface area (Å²) in [4.78, 5) is 0. The number of para-hydroxylation sites is 1. The molecule has 0 bridgehead atoms. The Morgan fingerprint density at radius 2 is 1.67 bits per heavy atom. The van der Waals surface area contributed by atoms with Crippen molar-refractivity contribution in [2.24, 2.45) is 0 Å². The molecule has 2 aromatic carbocycles. The van der Waals surface area contributed by atoms with Gasteiger partial charge in [0, 0.05) is 28.4 Å². The predicted octanol–water partition coefficient (Wildman–Crippen LogP) is 4.94. The normalized spacial score (nSPS) is 11.8. The molecule has 1 aromatic heterocycles. The number of fused-ring (bicyclic) bond motifs is 3. The summed E-state index contributed by atoms with van der Waals surface area (Å²) in [5, 5.41) is 2.74. The van der Waals surface area contributed by atoms with Gasteiger partial charge in [0.2, 0.25) is 0 Å². The van der Waals surface area contributed by atoms with E-state index in [0.29, 0.717) is 5.92 Å². The predicted molar refractivity (Wildman–Crippen MR) is 79.2 cm³/mol. The van der Waals surface area contributed by atoms with Crippen molar-refractivity contribution in [2.75, 3.05) is 0 Å². The van der Waals surface area contributed by atoms with Crippen molar-refractivity contribution < 1.29 is 0 Å². The van der Waals surface area contributed by atoms with Gasteiger partial charge in [-0.2, -0.15) is 0 Å². The van der Waals surface area contributed by atoms with Crippen molar-refractivity contribution in [2.45, 2.75) is 33.2 Å². The first-order valence-electron chi connectivity index (χ1n) is 6.73. The van der Waals surface area contributed by atoms with Crippen molar-refractivity contribution in [3.8, 4) is 0 Å². The van der Waals surface area contributed by atoms with Gasteiger partial charge in [-0.05, 0) is 30.5 Å². The maximum absolute atomic E-state index is 2.41. The van der Waals surface area contributed by atoms with E-state index in [0.717, 1.165) is 6.54 Å². The first-order valence-corrected chi connectivity index (χ1v) is 6.73. The van der Waals surface area contributed by atoms with Gasteiger partial charge in [-0.3, -0.25) is 0 Å². The second kappa shape index (κ2) is 4.16. The van der Waals surface area contributed by atoms with E-state index in [1.165, 1.54) is 27.4 Å². The van der Waals surface area contributed by atoms with Crippen LogP contribution < -0.4 is 0 Å². The first-order chi connectivity index (χ1) is 8.72. The van der Waals surface area contributed by atoms with Crippen LogP contribution in [0, 0.1) is 0 Å². The lowest BCUT2D eigenvalue weighted by Gasteiger charge is -2.07. The molecule has 3 rings (SSSR count). The van der Waals surface area contributed by atoms with Gasteiger partial charge in [0.1, 0.15) is 0 Å². The minimum Gasteiger partial charge on any atom is -0.341 e. The molecule has 0 amide bonds. The van der Waals surface area contributed by atoms with Crippen molar-refractivity contribution in [1.82, 2.24) is 4.57 Å². The number of aromatic nitrogens is 1. The van der Waals surface area contributed by atoms with Gasteiger partial charge in [-0.25, -0.2) is 0 Å². The molecule has 0 aliphatic rings. The SMILES string of the molecule is CCn1c2ccccc2c2ccc(C(C)C)cc21. The van der Waals surface area contributed by atoms with Crippen LogP contribution in [-0.4, -0.2) is 4.57 Å². The molecule has 18 heavy (non-hydrogen) atoms. The summed E-state index contributed by atoms with van der Waals surface area (Å²) in [7, 11) is 0. The van der Waals surface area contributed by atoms with Gasteiger partial charge in [0.15, 0.2) is 0 Å². The third-order valence-corrected chi connectivity index (χ3v) is 3.78. The average molecular weight is 237 g/mol. The van der Waals surface area contributed by atoms with Crippen molar-refractivity contribution in [1.29, 1.82) is 0 Å². The summed E-state index contributed by atoms with van der Waals surface area (Å²) in [5.74, 6) is 0.581. The van der Waals surface area contributed by atoms with Gasteiger partial charge in [-0.1, -0.05) is 44.2 Å². The maximum Gasteiger partial charge on any atom is 0.0494 e. The Hall–Kier alpha value is -1.76. The fourth-order valence-corrected chi connectivity index (χ4v) is 2.77. The van der Waals surface area contributed by atoms with Crippen molar-refractivity contribution in [3.63, 3.8) is 0 Å². The van der Waals surface area contributed by atoms with Crippen LogP contribution in [0.15, 0.2) is 42.5 Å². The summed E-state index contributed by atoms with van der Waals surface area (Å²) in [6.45, 7) is 7.74. The van der Waals surface area contributed by atoms with Gasteiger partial charge in [-0.15, -0.1) is 0 Å². The van der Waals surface area contributed by atoms with Crippen LogP contribution in [0.3, 0.4) is 0 Å². The molecule has 0 aliphatic heterocycles. The van der Waals surface area contributed by atoms with Crippen molar-refractivity contribution in [3.05, 3.63) is 48.0 Å². The lowest BCUT2D eigenvalue weighted by Crippen LogP contribution is -1.94. The number of hydrogen-bond acceptors (Lipinski definition) is 0. The molecule has 0 aliphatic carbocycles. The van der Waals surface area contributed by atoms with E-state index in [1.54, 1.807) is 0 Å². The molecule has 0 saturated heterocycles. The molecule has 0 N–H and O–H groups in total. The summed E-state index contributed by atoms with van der Waals surface area (Å²) < 4.78 is 2.41. The Balaban J connectivity index is 2.44. The fourth-order valence-electron chi connectivity index (χ4n) is 2.77. The Kier molecular flexibility index (Phi) is 2.62. The zero-order valence-electron chi connectivity index (χ0n) is 11.3. The molecular weight excluding hydrogens is 218 g/mol. The molecule has 1 heteroatoms. The lowest BCUT2D eigenvalue weighted by atomic mass is 10.0. The average Bonchev–Trinajstić information content (AvgIpc) is 2.71. The third-order valence-electron chi connectivity index (χ3n) is 3.78. The zero-order valence-corrected chi connectivity index (χ0v) is 11.3. The maximum atomic E-state index is 2.41. The van der Waals surface area contributed by atoms with Crippen molar-refractivity contribution >= 4 is 21.8 Å². The van der Waals surface area contributed by atoms with Crippen LogP contribution in [0.25, 0.3) is 21.8 Å². The molecule has 0 spiro atoms. The highest BCUT2D eigenvalue weighted by Crippen LogP contribution is 2.31. The minimum absolute atomic E-state index is 0.581. The highest BCUT2D eigenvalue weighted by atomic mass is 15.0. The van der Waals surface area contributed by atoms with Gasteiger partial charge in [0.05, 0.1) is 0 Å². The second-order valence-electron chi connectivity index (χ2n) is 5.19. The third kappa shape index (κ3) is 1.54. The Morgan fingerprint density at radius 1 is 0.944 bits per heavy atom. The van der Waals surface area contributed by atoms with Crippen LogP contribution in [0.2, 0.25) is 0 Å². The summed E-state index contributed by atoms with van der Waals surface area (Å²) in [6.07, 6.45) is 0. The summed E-state index contributed by atoms with van der Waals surface area (Å²) >= 11 is 0. The number of aryl methyl sites for hydroxylation is 1. The Labute approximate surface area is 108 Å². The zero-order chi connectivity index (χ0) is 12.7. The Morgan fingerprint density at radius 3 is 2.39 bits per heavy atom. The van der Waals surface area contributed by atoms with E-state index in [-0.39, 0.29) is 0 Å². The standard InChI is InChI=1S/C17H19N/c1-4-18-16-8-6-5-7-14(16)15-10-9-13(12(2)3)11-17(15)18/h5-12H,4H2,1-3H3. The molecule has 0 radical (unpaired) electrons. The topological polar surface area (TPSA) is 4.93 Å². The smallest absolute Gasteiger partial charge is 0.0494 e. The highest BCUT2D eigenvalue weighted by molar-refractivity contribution is 6.08. The van der Waals surface area contributed by atoms with E-state index in [9.17, 15) is 0 Å². The van der Waals surface area contributed by atoms with E-state index in [1.807, 2.05) is 0 Å². The number of hydrogen-bond donors (Lipinski definition) is 0. The molecule has 0 atom stereocenters. The molecule has 3 aromatic rings. The molecule has 92 valence electrons. The van der Waals surface area contributed by atoms with E-state index < -0.39 is 0 Å². The quantitative estimate of drug-likeness (QED) is 0.595. The lowest BCUT2D eigenvalue weighted by molar-refractivity contribution is 0.822. The van der Waals surface area contributed by atoms with E-state index in [4.69, 9.17) is 0 Å². The molecule has 1 heterocycles. The van der Waals surface area contributed by atoms with Crippen LogP contribution in [-0.2, 0) is 6.54 Å². The van der Waals surface area contributed by atoms with Crippen LogP contribution >= 0.6 is 0 Å². The first kappa shape index (κ1) is 11.3. The highest BCUT2D eigenvalue weighted by Gasteiger charge is 2.10. The number of benzene rings is 2. The van der Waals surface area contributed by atoms with Crippen LogP contribution in [0.5, 0.6) is 0 Å². The number of nitrogens with zero attached hydrogens (tertiary/aromatic N) is 1. The largest absolute Gasteiger partial charge is 0.341 e. The Bertz CT molecular complexity index is 704. The minimum atomic E-state index is 0.581. The van der Waals surface area contributed by atoms with E-state index in [2.05, 4.69) is 67.8 Å². The van der Waals surface area contributed by atoms with Gasteiger partial charge < -0.3 is 4.57 Å². The molecule has 0 unspecified atom stereocenters. The second-order valence-corrected chi connectivity index (χ2v) is 5.19. The number of rotatable bonds is 2. The van der Waals surface area contributed by atoms with Crippen LogP contribution in [0.1, 0.15) is 32.3 Å². The summed E-state index contributed by atoms with van der Waals surface area (Å²) in [5.41, 5.74) is 4.13. The fraction of sp³-hybridized carbons (Fsp3) is 0.294. The molecule has 0 saturated carbocycles.